The van der Waals surface area contributed by atoms with Gasteiger partial charge in [0.05, 0.1) is 14.9 Å². The first kappa shape index (κ1) is 15.8. The molecule has 2 heterocycles. The van der Waals surface area contributed by atoms with Gasteiger partial charge in [0.25, 0.3) is 0 Å². The normalized spacial score (nSPS) is 18.2. The summed E-state index contributed by atoms with van der Waals surface area (Å²) in [6.07, 6.45) is 5.49. The minimum Gasteiger partial charge on any atom is -0.335 e. The van der Waals surface area contributed by atoms with E-state index < -0.39 is 10.0 Å². The van der Waals surface area contributed by atoms with Gasteiger partial charge in [-0.3, -0.25) is 0 Å². The van der Waals surface area contributed by atoms with Gasteiger partial charge in [-0.05, 0) is 30.5 Å². The fraction of sp³-hybridized carbons (Fsp3) is 0.357. The maximum absolute atomic E-state index is 12.3. The Balaban J connectivity index is 1.67. The molecule has 1 unspecified atom stereocenters. The fourth-order valence-corrected chi connectivity index (χ4v) is 4.06. The van der Waals surface area contributed by atoms with Crippen LogP contribution < -0.4 is 4.72 Å². The first-order valence-corrected chi connectivity index (χ1v) is 9.14. The largest absolute Gasteiger partial charge is 0.335 e. The molecule has 0 bridgehead atoms. The molecular weight excluding hydrogens is 345 g/mol. The first-order chi connectivity index (χ1) is 10.5. The molecule has 0 radical (unpaired) electrons. The smallest absolute Gasteiger partial charge is 0.240 e. The maximum atomic E-state index is 12.3. The molecule has 1 aliphatic rings. The summed E-state index contributed by atoms with van der Waals surface area (Å²) in [6.45, 7) is 1.17. The van der Waals surface area contributed by atoms with Crippen LogP contribution in [0.1, 0.15) is 12.2 Å². The SMILES string of the molecule is O=S(=O)(NCC1CCc2nccn2C1)c1ccc(Cl)c(Cl)c1. The van der Waals surface area contributed by atoms with Gasteiger partial charge < -0.3 is 4.57 Å². The number of fused-ring (bicyclic) bond motifs is 1. The summed E-state index contributed by atoms with van der Waals surface area (Å²) in [4.78, 5) is 4.39. The lowest BCUT2D eigenvalue weighted by molar-refractivity contribution is 0.363. The summed E-state index contributed by atoms with van der Waals surface area (Å²) in [5, 5.41) is 0.561. The molecule has 118 valence electrons. The molecule has 1 aromatic carbocycles. The minimum absolute atomic E-state index is 0.126. The van der Waals surface area contributed by atoms with Gasteiger partial charge in [0, 0.05) is 31.9 Å². The second kappa shape index (κ2) is 6.20. The van der Waals surface area contributed by atoms with Crippen molar-refractivity contribution in [1.82, 2.24) is 14.3 Å². The third-order valence-electron chi connectivity index (χ3n) is 3.80. The maximum Gasteiger partial charge on any atom is 0.240 e. The summed E-state index contributed by atoms with van der Waals surface area (Å²) in [5.74, 6) is 1.31. The molecule has 0 spiro atoms. The van der Waals surface area contributed by atoms with Crippen LogP contribution in [-0.4, -0.2) is 24.5 Å². The predicted molar refractivity (Wildman–Crippen MR) is 85.7 cm³/mol. The number of halogens is 2. The molecule has 8 heteroatoms. The summed E-state index contributed by atoms with van der Waals surface area (Å²) < 4.78 is 29.3. The molecule has 2 aromatic rings. The van der Waals surface area contributed by atoms with Crippen LogP contribution >= 0.6 is 23.2 Å². The van der Waals surface area contributed by atoms with E-state index in [-0.39, 0.29) is 15.8 Å². The average Bonchev–Trinajstić information content (AvgIpc) is 2.95. The third-order valence-corrected chi connectivity index (χ3v) is 5.96. The Morgan fingerprint density at radius 3 is 2.91 bits per heavy atom. The van der Waals surface area contributed by atoms with E-state index in [1.165, 1.54) is 18.2 Å². The highest BCUT2D eigenvalue weighted by molar-refractivity contribution is 7.89. The van der Waals surface area contributed by atoms with Gasteiger partial charge in [-0.1, -0.05) is 23.2 Å². The molecule has 0 aliphatic carbocycles. The molecule has 0 saturated carbocycles. The van der Waals surface area contributed by atoms with Crippen LogP contribution in [0.5, 0.6) is 0 Å². The molecule has 3 rings (SSSR count). The Morgan fingerprint density at radius 2 is 2.14 bits per heavy atom. The molecule has 1 atom stereocenters. The number of rotatable bonds is 4. The first-order valence-electron chi connectivity index (χ1n) is 6.90. The Morgan fingerprint density at radius 1 is 1.32 bits per heavy atom. The van der Waals surface area contributed by atoms with Crippen molar-refractivity contribution in [1.29, 1.82) is 0 Å². The number of hydrogen-bond donors (Lipinski definition) is 1. The van der Waals surface area contributed by atoms with E-state index in [9.17, 15) is 8.42 Å². The van der Waals surface area contributed by atoms with E-state index in [0.717, 1.165) is 25.2 Å². The Kier molecular flexibility index (Phi) is 4.45. The van der Waals surface area contributed by atoms with E-state index in [4.69, 9.17) is 23.2 Å². The zero-order chi connectivity index (χ0) is 15.7. The monoisotopic (exact) mass is 359 g/mol. The van der Waals surface area contributed by atoms with Gasteiger partial charge in [-0.2, -0.15) is 0 Å². The lowest BCUT2D eigenvalue weighted by Crippen LogP contribution is -2.33. The van der Waals surface area contributed by atoms with Crippen molar-refractivity contribution in [2.75, 3.05) is 6.54 Å². The van der Waals surface area contributed by atoms with Crippen LogP contribution in [0.3, 0.4) is 0 Å². The number of aromatic nitrogens is 2. The molecular formula is C14H15Cl2N3O2S. The van der Waals surface area contributed by atoms with Crippen LogP contribution in [0.15, 0.2) is 35.5 Å². The van der Waals surface area contributed by atoms with E-state index in [1.54, 1.807) is 6.20 Å². The second-order valence-corrected chi connectivity index (χ2v) is 7.91. The highest BCUT2D eigenvalue weighted by Crippen LogP contribution is 2.25. The van der Waals surface area contributed by atoms with Crippen molar-refractivity contribution in [2.24, 2.45) is 5.92 Å². The number of hydrogen-bond acceptors (Lipinski definition) is 3. The van der Waals surface area contributed by atoms with Crippen LogP contribution in [0, 0.1) is 5.92 Å². The molecule has 5 nitrogen and oxygen atoms in total. The lowest BCUT2D eigenvalue weighted by atomic mass is 10.00. The number of sulfonamides is 1. The van der Waals surface area contributed by atoms with Crippen molar-refractivity contribution < 1.29 is 8.42 Å². The van der Waals surface area contributed by atoms with Gasteiger partial charge in [0.1, 0.15) is 5.82 Å². The molecule has 1 N–H and O–H groups in total. The Bertz CT molecular complexity index is 789. The van der Waals surface area contributed by atoms with Crippen molar-refractivity contribution in [3.63, 3.8) is 0 Å². The van der Waals surface area contributed by atoms with E-state index in [0.29, 0.717) is 11.6 Å². The van der Waals surface area contributed by atoms with Crippen LogP contribution in [0.25, 0.3) is 0 Å². The van der Waals surface area contributed by atoms with Gasteiger partial charge >= 0.3 is 0 Å². The van der Waals surface area contributed by atoms with Crippen molar-refractivity contribution in [3.05, 3.63) is 46.5 Å². The molecule has 1 aromatic heterocycles. The third kappa shape index (κ3) is 3.30. The number of nitrogens with zero attached hydrogens (tertiary/aromatic N) is 2. The average molecular weight is 360 g/mol. The lowest BCUT2D eigenvalue weighted by Gasteiger charge is -2.23. The molecule has 0 amide bonds. The number of benzene rings is 1. The molecule has 0 saturated heterocycles. The molecule has 1 aliphatic heterocycles. The van der Waals surface area contributed by atoms with E-state index >= 15 is 0 Å². The number of nitrogens with one attached hydrogen (secondary N) is 1. The number of imidazole rings is 1. The Labute approximate surface area is 139 Å². The standard InChI is InChI=1S/C14H15Cl2N3O2S/c15-12-3-2-11(7-13(12)16)22(20,21)18-8-10-1-4-14-17-5-6-19(14)9-10/h2-3,5-7,10,18H,1,4,8-9H2. The second-order valence-electron chi connectivity index (χ2n) is 5.33. The van der Waals surface area contributed by atoms with Crippen molar-refractivity contribution in [3.8, 4) is 0 Å². The molecule has 0 fully saturated rings. The van der Waals surface area contributed by atoms with E-state index in [1.807, 2.05) is 6.20 Å². The van der Waals surface area contributed by atoms with Crippen molar-refractivity contribution in [2.45, 2.75) is 24.3 Å². The highest BCUT2D eigenvalue weighted by Gasteiger charge is 2.22. The predicted octanol–water partition coefficient (Wildman–Crippen LogP) is 2.73. The fourth-order valence-electron chi connectivity index (χ4n) is 2.56. The van der Waals surface area contributed by atoms with Crippen LogP contribution in [0.4, 0.5) is 0 Å². The number of aryl methyl sites for hydroxylation is 1. The summed E-state index contributed by atoms with van der Waals surface area (Å²) in [5.41, 5.74) is 0. The topological polar surface area (TPSA) is 64.0 Å². The summed E-state index contributed by atoms with van der Waals surface area (Å²) in [7, 11) is -3.58. The van der Waals surface area contributed by atoms with Crippen LogP contribution in [-0.2, 0) is 23.0 Å². The van der Waals surface area contributed by atoms with Gasteiger partial charge in [-0.15, -0.1) is 0 Å². The Hall–Kier alpha value is -1.08. The molecule has 22 heavy (non-hydrogen) atoms. The minimum atomic E-state index is -3.58. The highest BCUT2D eigenvalue weighted by atomic mass is 35.5. The van der Waals surface area contributed by atoms with Crippen LogP contribution in [0.2, 0.25) is 10.0 Å². The van der Waals surface area contributed by atoms with E-state index in [2.05, 4.69) is 14.3 Å². The van der Waals surface area contributed by atoms with Gasteiger partial charge in [0.2, 0.25) is 10.0 Å². The van der Waals surface area contributed by atoms with Gasteiger partial charge in [-0.25, -0.2) is 18.1 Å². The quantitative estimate of drug-likeness (QED) is 0.912. The summed E-state index contributed by atoms with van der Waals surface area (Å²) in [6, 6.07) is 4.29. The van der Waals surface area contributed by atoms with Crippen molar-refractivity contribution >= 4 is 33.2 Å². The van der Waals surface area contributed by atoms with Gasteiger partial charge in [0.15, 0.2) is 0 Å². The zero-order valence-corrected chi connectivity index (χ0v) is 14.0. The summed E-state index contributed by atoms with van der Waals surface area (Å²) >= 11 is 11.7. The zero-order valence-electron chi connectivity index (χ0n) is 11.7.